The molecular formula is C11H22ClN3O. The second kappa shape index (κ2) is 5.84. The Morgan fingerprint density at radius 2 is 2.12 bits per heavy atom. The number of nitrogens with two attached hydrogens (primary N) is 1. The molecule has 1 aliphatic heterocycles. The Kier molecular flexibility index (Phi) is 5.02. The average molecular weight is 248 g/mol. The van der Waals surface area contributed by atoms with Crippen LogP contribution in [0.2, 0.25) is 0 Å². The maximum Gasteiger partial charge on any atom is 0.236 e. The normalized spacial score (nSPS) is 25.2. The standard InChI is InChI=1S/C11H21N3O.ClH/c1-13(10-2-3-10)11(15)8-14-5-4-9(6-12)7-14;/h9-10H,2-8,12H2,1H3;1H. The molecule has 0 spiro atoms. The molecule has 1 atom stereocenters. The van der Waals surface area contributed by atoms with Crippen LogP contribution in [-0.4, -0.2) is 55.0 Å². The maximum atomic E-state index is 11.8. The molecule has 1 aliphatic carbocycles. The van der Waals surface area contributed by atoms with Gasteiger partial charge in [0, 0.05) is 19.6 Å². The molecule has 0 aromatic carbocycles. The molecular weight excluding hydrogens is 226 g/mol. The molecule has 2 N–H and O–H groups in total. The van der Waals surface area contributed by atoms with Gasteiger partial charge < -0.3 is 10.6 Å². The van der Waals surface area contributed by atoms with E-state index in [1.54, 1.807) is 0 Å². The third-order valence-corrected chi connectivity index (χ3v) is 3.55. The number of likely N-dealkylation sites (N-methyl/N-ethyl adjacent to an activating group) is 1. The summed E-state index contributed by atoms with van der Waals surface area (Å²) >= 11 is 0. The molecule has 16 heavy (non-hydrogen) atoms. The average Bonchev–Trinajstić information content (AvgIpc) is 2.98. The van der Waals surface area contributed by atoms with E-state index in [-0.39, 0.29) is 18.3 Å². The Bertz CT molecular complexity index is 245. The number of rotatable bonds is 4. The van der Waals surface area contributed by atoms with E-state index in [1.165, 1.54) is 12.8 Å². The second-order valence-corrected chi connectivity index (χ2v) is 4.86. The Balaban J connectivity index is 0.00000128. The second-order valence-electron chi connectivity index (χ2n) is 4.86. The van der Waals surface area contributed by atoms with Crippen LogP contribution >= 0.6 is 12.4 Å². The van der Waals surface area contributed by atoms with E-state index in [9.17, 15) is 4.79 Å². The third-order valence-electron chi connectivity index (χ3n) is 3.55. The zero-order valence-corrected chi connectivity index (χ0v) is 10.7. The molecule has 5 heteroatoms. The first-order chi connectivity index (χ1) is 7.20. The van der Waals surface area contributed by atoms with Gasteiger partial charge in [-0.3, -0.25) is 9.69 Å². The number of amides is 1. The summed E-state index contributed by atoms with van der Waals surface area (Å²) in [4.78, 5) is 16.0. The molecule has 2 aliphatic rings. The summed E-state index contributed by atoms with van der Waals surface area (Å²) < 4.78 is 0. The van der Waals surface area contributed by atoms with E-state index >= 15 is 0 Å². The highest BCUT2D eigenvalue weighted by Crippen LogP contribution is 2.25. The molecule has 0 bridgehead atoms. The zero-order valence-electron chi connectivity index (χ0n) is 9.89. The highest BCUT2D eigenvalue weighted by atomic mass is 35.5. The van der Waals surface area contributed by atoms with Crippen molar-refractivity contribution in [2.24, 2.45) is 11.7 Å². The van der Waals surface area contributed by atoms with Crippen LogP contribution in [0.1, 0.15) is 19.3 Å². The van der Waals surface area contributed by atoms with Gasteiger partial charge in [-0.15, -0.1) is 12.4 Å². The minimum absolute atomic E-state index is 0. The van der Waals surface area contributed by atoms with Crippen LogP contribution < -0.4 is 5.73 Å². The molecule has 1 unspecified atom stereocenters. The summed E-state index contributed by atoms with van der Waals surface area (Å²) in [6.07, 6.45) is 3.53. The fraction of sp³-hybridized carbons (Fsp3) is 0.909. The predicted molar refractivity (Wildman–Crippen MR) is 66.6 cm³/mol. The summed E-state index contributed by atoms with van der Waals surface area (Å²) in [6, 6.07) is 0.533. The number of halogens is 1. The minimum atomic E-state index is 0. The highest BCUT2D eigenvalue weighted by Gasteiger charge is 2.31. The number of likely N-dealkylation sites (tertiary alicyclic amines) is 1. The smallest absolute Gasteiger partial charge is 0.236 e. The Hall–Kier alpha value is -0.320. The fourth-order valence-electron chi connectivity index (χ4n) is 2.22. The Morgan fingerprint density at radius 3 is 2.62 bits per heavy atom. The van der Waals surface area contributed by atoms with Crippen molar-refractivity contribution in [3.8, 4) is 0 Å². The number of hydrogen-bond donors (Lipinski definition) is 1. The van der Waals surface area contributed by atoms with Gasteiger partial charge in [0.25, 0.3) is 0 Å². The van der Waals surface area contributed by atoms with E-state index in [4.69, 9.17) is 5.73 Å². The molecule has 4 nitrogen and oxygen atoms in total. The molecule has 1 heterocycles. The fourth-order valence-corrected chi connectivity index (χ4v) is 2.22. The molecule has 1 saturated carbocycles. The molecule has 2 rings (SSSR count). The van der Waals surface area contributed by atoms with Crippen LogP contribution in [0.25, 0.3) is 0 Å². The van der Waals surface area contributed by atoms with Crippen LogP contribution in [0.5, 0.6) is 0 Å². The number of carbonyl (C=O) groups excluding carboxylic acids is 1. The topological polar surface area (TPSA) is 49.6 Å². The van der Waals surface area contributed by atoms with Crippen molar-refractivity contribution in [1.82, 2.24) is 9.80 Å². The van der Waals surface area contributed by atoms with Gasteiger partial charge in [-0.1, -0.05) is 0 Å². The van der Waals surface area contributed by atoms with Crippen molar-refractivity contribution in [3.05, 3.63) is 0 Å². The molecule has 0 radical (unpaired) electrons. The number of nitrogens with zero attached hydrogens (tertiary/aromatic N) is 2. The van der Waals surface area contributed by atoms with Crippen LogP contribution in [0.4, 0.5) is 0 Å². The largest absolute Gasteiger partial charge is 0.342 e. The van der Waals surface area contributed by atoms with Gasteiger partial charge >= 0.3 is 0 Å². The highest BCUT2D eigenvalue weighted by molar-refractivity contribution is 5.85. The Morgan fingerprint density at radius 1 is 1.44 bits per heavy atom. The van der Waals surface area contributed by atoms with Gasteiger partial charge in [0.1, 0.15) is 0 Å². The monoisotopic (exact) mass is 247 g/mol. The van der Waals surface area contributed by atoms with E-state index in [2.05, 4.69) is 4.90 Å². The third kappa shape index (κ3) is 3.34. The molecule has 1 saturated heterocycles. The lowest BCUT2D eigenvalue weighted by atomic mass is 10.1. The van der Waals surface area contributed by atoms with Crippen molar-refractivity contribution in [3.63, 3.8) is 0 Å². The minimum Gasteiger partial charge on any atom is -0.342 e. The zero-order chi connectivity index (χ0) is 10.8. The van der Waals surface area contributed by atoms with Crippen LogP contribution in [0.15, 0.2) is 0 Å². The maximum absolute atomic E-state index is 11.8. The van der Waals surface area contributed by atoms with Crippen molar-refractivity contribution in [2.45, 2.75) is 25.3 Å². The van der Waals surface area contributed by atoms with Crippen molar-refractivity contribution < 1.29 is 4.79 Å². The van der Waals surface area contributed by atoms with Gasteiger partial charge in [0.15, 0.2) is 0 Å². The number of carbonyl (C=O) groups is 1. The van der Waals surface area contributed by atoms with Gasteiger partial charge in [-0.25, -0.2) is 0 Å². The molecule has 1 amide bonds. The van der Waals surface area contributed by atoms with E-state index in [1.807, 2.05) is 11.9 Å². The lowest BCUT2D eigenvalue weighted by Crippen LogP contribution is -2.38. The lowest BCUT2D eigenvalue weighted by Gasteiger charge is -2.21. The lowest BCUT2D eigenvalue weighted by molar-refractivity contribution is -0.131. The van der Waals surface area contributed by atoms with E-state index in [0.717, 1.165) is 26.1 Å². The number of hydrogen-bond acceptors (Lipinski definition) is 3. The van der Waals surface area contributed by atoms with Gasteiger partial charge in [0.2, 0.25) is 5.91 Å². The summed E-state index contributed by atoms with van der Waals surface area (Å²) in [7, 11) is 1.93. The van der Waals surface area contributed by atoms with Crippen molar-refractivity contribution in [1.29, 1.82) is 0 Å². The van der Waals surface area contributed by atoms with E-state index < -0.39 is 0 Å². The summed E-state index contributed by atoms with van der Waals surface area (Å²) in [5.74, 6) is 0.874. The molecule has 0 aromatic rings. The molecule has 94 valence electrons. The Labute approximate surface area is 104 Å². The van der Waals surface area contributed by atoms with Gasteiger partial charge in [-0.2, -0.15) is 0 Å². The van der Waals surface area contributed by atoms with Crippen LogP contribution in [-0.2, 0) is 4.79 Å². The van der Waals surface area contributed by atoms with Crippen LogP contribution in [0, 0.1) is 5.92 Å². The SMILES string of the molecule is CN(C(=O)CN1CCC(CN)C1)C1CC1.Cl. The van der Waals surface area contributed by atoms with Crippen molar-refractivity contribution in [2.75, 3.05) is 33.2 Å². The first-order valence-electron chi connectivity index (χ1n) is 5.88. The first kappa shape index (κ1) is 13.7. The predicted octanol–water partition coefficient (Wildman–Crippen LogP) is 0.310. The molecule has 0 aromatic heterocycles. The van der Waals surface area contributed by atoms with Gasteiger partial charge in [-0.05, 0) is 38.3 Å². The van der Waals surface area contributed by atoms with E-state index in [0.29, 0.717) is 18.5 Å². The van der Waals surface area contributed by atoms with Crippen molar-refractivity contribution >= 4 is 18.3 Å². The summed E-state index contributed by atoms with van der Waals surface area (Å²) in [5, 5.41) is 0. The molecule has 2 fully saturated rings. The summed E-state index contributed by atoms with van der Waals surface area (Å²) in [5.41, 5.74) is 5.62. The van der Waals surface area contributed by atoms with Crippen LogP contribution in [0.3, 0.4) is 0 Å². The first-order valence-corrected chi connectivity index (χ1v) is 5.88. The quantitative estimate of drug-likeness (QED) is 0.778. The van der Waals surface area contributed by atoms with Gasteiger partial charge in [0.05, 0.1) is 6.54 Å². The summed E-state index contributed by atoms with van der Waals surface area (Å²) in [6.45, 7) is 3.37.